The average molecular weight is 252 g/mol. The van der Waals surface area contributed by atoms with Crippen molar-refractivity contribution in [1.29, 1.82) is 0 Å². The molecule has 18 heavy (non-hydrogen) atoms. The number of hydrogen-bond acceptors (Lipinski definition) is 7. The topological polar surface area (TPSA) is 92.3 Å². The Hall–Kier alpha value is -2.12. The Morgan fingerprint density at radius 3 is 2.61 bits per heavy atom. The second-order valence-electron chi connectivity index (χ2n) is 3.96. The number of likely N-dealkylation sites (tertiary alicyclic amines) is 1. The molecule has 1 fully saturated rings. The average Bonchev–Trinajstić information content (AvgIpc) is 2.70. The molecule has 0 saturated carbocycles. The molecule has 8 nitrogen and oxygen atoms in total. The van der Waals surface area contributed by atoms with Crippen LogP contribution in [0.15, 0.2) is 0 Å². The molecule has 8 heteroatoms. The molecule has 0 aliphatic carbocycles. The summed E-state index contributed by atoms with van der Waals surface area (Å²) in [6.07, 6.45) is 0.734. The minimum absolute atomic E-state index is 0.0420. The van der Waals surface area contributed by atoms with Gasteiger partial charge in [0.05, 0.1) is 7.11 Å². The van der Waals surface area contributed by atoms with E-state index in [9.17, 15) is 4.79 Å². The molecule has 1 aliphatic rings. The fourth-order valence-electron chi connectivity index (χ4n) is 1.74. The molecule has 0 spiro atoms. The van der Waals surface area contributed by atoms with Crippen LogP contribution >= 0.6 is 0 Å². The van der Waals surface area contributed by atoms with Crippen LogP contribution in [0.3, 0.4) is 0 Å². The largest absolute Gasteiger partial charge is 0.467 e. The van der Waals surface area contributed by atoms with E-state index < -0.39 is 0 Å². The van der Waals surface area contributed by atoms with Gasteiger partial charge in [-0.1, -0.05) is 0 Å². The van der Waals surface area contributed by atoms with E-state index in [1.54, 1.807) is 19.0 Å². The van der Waals surface area contributed by atoms with Crippen LogP contribution in [0, 0.1) is 0 Å². The number of nitrogens with one attached hydrogen (secondary N) is 2. The zero-order valence-corrected chi connectivity index (χ0v) is 10.6. The lowest BCUT2D eigenvalue weighted by molar-refractivity contribution is -0.127. The third-order valence-electron chi connectivity index (χ3n) is 2.75. The van der Waals surface area contributed by atoms with Crippen molar-refractivity contribution in [1.82, 2.24) is 19.9 Å². The molecule has 1 aromatic rings. The number of likely N-dealkylation sites (N-methyl/N-ethyl adjacent to an activating group) is 1. The second-order valence-corrected chi connectivity index (χ2v) is 3.96. The Bertz CT molecular complexity index is 430. The van der Waals surface area contributed by atoms with E-state index in [1.165, 1.54) is 7.11 Å². The number of anilines is 2. The number of methoxy groups -OCH3 is 1. The molecular formula is C10H16N6O2. The quantitative estimate of drug-likeness (QED) is 0.750. The maximum absolute atomic E-state index is 11.8. The molecule has 0 aromatic carbocycles. The Morgan fingerprint density at radius 2 is 2.06 bits per heavy atom. The molecule has 2 N–H and O–H groups in total. The summed E-state index contributed by atoms with van der Waals surface area (Å²) < 4.78 is 4.97. The van der Waals surface area contributed by atoms with Crippen molar-refractivity contribution < 1.29 is 9.53 Å². The van der Waals surface area contributed by atoms with E-state index in [0.29, 0.717) is 11.9 Å². The monoisotopic (exact) mass is 252 g/mol. The number of hydrogen-bond donors (Lipinski definition) is 2. The zero-order valence-electron chi connectivity index (χ0n) is 10.6. The minimum Gasteiger partial charge on any atom is -0.467 e. The van der Waals surface area contributed by atoms with E-state index >= 15 is 0 Å². The summed E-state index contributed by atoms with van der Waals surface area (Å²) in [7, 11) is 4.96. The van der Waals surface area contributed by atoms with Crippen molar-refractivity contribution >= 4 is 17.8 Å². The highest BCUT2D eigenvalue weighted by molar-refractivity contribution is 5.86. The molecule has 2 heterocycles. The van der Waals surface area contributed by atoms with Crippen LogP contribution in [0.25, 0.3) is 0 Å². The van der Waals surface area contributed by atoms with Crippen LogP contribution in [-0.4, -0.2) is 59.6 Å². The van der Waals surface area contributed by atoms with E-state index in [1.807, 2.05) is 0 Å². The molecule has 1 amide bonds. The first-order chi connectivity index (χ1) is 8.63. The summed E-state index contributed by atoms with van der Waals surface area (Å²) >= 11 is 0. The van der Waals surface area contributed by atoms with Crippen LogP contribution in [0.2, 0.25) is 0 Å². The van der Waals surface area contributed by atoms with E-state index in [2.05, 4.69) is 25.6 Å². The van der Waals surface area contributed by atoms with Crippen LogP contribution in [0.1, 0.15) is 6.42 Å². The van der Waals surface area contributed by atoms with Gasteiger partial charge in [-0.2, -0.15) is 15.0 Å². The maximum Gasteiger partial charge on any atom is 0.322 e. The molecule has 98 valence electrons. The van der Waals surface area contributed by atoms with Crippen molar-refractivity contribution in [2.45, 2.75) is 12.5 Å². The third kappa shape index (κ3) is 2.41. The molecule has 1 unspecified atom stereocenters. The van der Waals surface area contributed by atoms with Crippen LogP contribution < -0.4 is 15.4 Å². The van der Waals surface area contributed by atoms with Gasteiger partial charge < -0.3 is 20.3 Å². The molecule has 0 radical (unpaired) electrons. The molecule has 2 rings (SSSR count). The van der Waals surface area contributed by atoms with Gasteiger partial charge in [-0.05, 0) is 6.42 Å². The summed E-state index contributed by atoms with van der Waals surface area (Å²) in [6.45, 7) is 0.734. The smallest absolute Gasteiger partial charge is 0.322 e. The Morgan fingerprint density at radius 1 is 1.33 bits per heavy atom. The fourth-order valence-corrected chi connectivity index (χ4v) is 1.74. The number of rotatable bonds is 4. The van der Waals surface area contributed by atoms with Gasteiger partial charge in [-0.3, -0.25) is 4.79 Å². The third-order valence-corrected chi connectivity index (χ3v) is 2.75. The number of ether oxygens (including phenoxy) is 1. The number of aromatic nitrogens is 3. The summed E-state index contributed by atoms with van der Waals surface area (Å²) in [5.41, 5.74) is 0. The van der Waals surface area contributed by atoms with E-state index in [-0.39, 0.29) is 18.0 Å². The second kappa shape index (κ2) is 5.03. The van der Waals surface area contributed by atoms with Gasteiger partial charge in [0.25, 0.3) is 0 Å². The van der Waals surface area contributed by atoms with Crippen molar-refractivity contribution in [3.63, 3.8) is 0 Å². The fraction of sp³-hybridized carbons (Fsp3) is 0.600. The molecule has 1 atom stereocenters. The zero-order chi connectivity index (χ0) is 13.1. The van der Waals surface area contributed by atoms with Crippen molar-refractivity contribution in [2.75, 3.05) is 38.4 Å². The van der Waals surface area contributed by atoms with E-state index in [0.717, 1.165) is 13.0 Å². The van der Waals surface area contributed by atoms with Crippen LogP contribution in [0.5, 0.6) is 6.01 Å². The Labute approximate surface area is 105 Å². The summed E-state index contributed by atoms with van der Waals surface area (Å²) in [4.78, 5) is 25.6. The van der Waals surface area contributed by atoms with Gasteiger partial charge >= 0.3 is 6.01 Å². The van der Waals surface area contributed by atoms with Crippen molar-refractivity contribution in [3.05, 3.63) is 0 Å². The van der Waals surface area contributed by atoms with E-state index in [4.69, 9.17) is 4.74 Å². The van der Waals surface area contributed by atoms with Gasteiger partial charge in [-0.15, -0.1) is 0 Å². The highest BCUT2D eigenvalue weighted by atomic mass is 16.5. The molecule has 1 aliphatic heterocycles. The molecule has 1 saturated heterocycles. The van der Waals surface area contributed by atoms with Gasteiger partial charge in [0, 0.05) is 20.6 Å². The number of amides is 1. The maximum atomic E-state index is 11.8. The number of carbonyl (C=O) groups is 1. The van der Waals surface area contributed by atoms with Crippen LogP contribution in [0.4, 0.5) is 11.9 Å². The first-order valence-corrected chi connectivity index (χ1v) is 5.63. The van der Waals surface area contributed by atoms with Gasteiger partial charge in [0.2, 0.25) is 17.8 Å². The standard InChI is InChI=1S/C10H16N6O2/c1-11-8-13-9(15-10(14-8)18-3)12-6-4-5-16(2)7(6)17/h6H,4-5H2,1-3H3,(H2,11,12,13,14,15). The predicted octanol–water partition coefficient (Wildman–Crippen LogP) is -0.435. The van der Waals surface area contributed by atoms with Gasteiger partial charge in [0.15, 0.2) is 0 Å². The first-order valence-electron chi connectivity index (χ1n) is 5.63. The van der Waals surface area contributed by atoms with Crippen LogP contribution in [-0.2, 0) is 4.79 Å². The van der Waals surface area contributed by atoms with Crippen molar-refractivity contribution in [2.24, 2.45) is 0 Å². The lowest BCUT2D eigenvalue weighted by atomic mass is 10.2. The lowest BCUT2D eigenvalue weighted by Crippen LogP contribution is -2.31. The highest BCUT2D eigenvalue weighted by Gasteiger charge is 2.29. The normalized spacial score (nSPS) is 18.9. The van der Waals surface area contributed by atoms with Gasteiger partial charge in [0.1, 0.15) is 6.04 Å². The lowest BCUT2D eigenvalue weighted by Gasteiger charge is -2.12. The molecular weight excluding hydrogens is 236 g/mol. The minimum atomic E-state index is -0.285. The van der Waals surface area contributed by atoms with Gasteiger partial charge in [-0.25, -0.2) is 0 Å². The summed E-state index contributed by atoms with van der Waals surface area (Å²) in [6, 6.07) is -0.0811. The predicted molar refractivity (Wildman–Crippen MR) is 65.6 cm³/mol. The first kappa shape index (κ1) is 12.3. The number of nitrogens with zero attached hydrogens (tertiary/aromatic N) is 4. The SMILES string of the molecule is CNc1nc(NC2CCN(C)C2=O)nc(OC)n1. The highest BCUT2D eigenvalue weighted by Crippen LogP contribution is 2.16. The number of carbonyl (C=O) groups excluding carboxylic acids is 1. The Kier molecular flexibility index (Phi) is 3.45. The van der Waals surface area contributed by atoms with Crippen molar-refractivity contribution in [3.8, 4) is 6.01 Å². The molecule has 1 aromatic heterocycles. The summed E-state index contributed by atoms with van der Waals surface area (Å²) in [5.74, 6) is 0.767. The molecule has 0 bridgehead atoms. The summed E-state index contributed by atoms with van der Waals surface area (Å²) in [5, 5.41) is 5.81. The Balaban J connectivity index is 2.16.